The Kier molecular flexibility index (Phi) is 5.28. The summed E-state index contributed by atoms with van der Waals surface area (Å²) in [6.07, 6.45) is -0.608. The summed E-state index contributed by atoms with van der Waals surface area (Å²) >= 11 is 1.53. The molecule has 0 aromatic carbocycles. The number of nitrogens with zero attached hydrogens (tertiary/aromatic N) is 1. The lowest BCUT2D eigenvalue weighted by Gasteiger charge is -2.23. The number of rotatable bonds is 3. The molecule has 2 amide bonds. The molecule has 1 unspecified atom stereocenters. The highest BCUT2D eigenvalue weighted by Crippen LogP contribution is 2.22. The van der Waals surface area contributed by atoms with Crippen molar-refractivity contribution in [1.82, 2.24) is 10.2 Å². The molecule has 1 atom stereocenters. The van der Waals surface area contributed by atoms with E-state index < -0.39 is 11.7 Å². The molecule has 0 saturated carbocycles. The van der Waals surface area contributed by atoms with Crippen LogP contribution in [0.15, 0.2) is 0 Å². The first-order chi connectivity index (χ1) is 8.33. The number of hydrogen-bond acceptors (Lipinski definition) is 5. The minimum Gasteiger partial charge on any atom is -0.444 e. The molecule has 0 aromatic heterocycles. The van der Waals surface area contributed by atoms with Crippen LogP contribution in [0.2, 0.25) is 0 Å². The van der Waals surface area contributed by atoms with Crippen LogP contribution < -0.4 is 5.32 Å². The zero-order chi connectivity index (χ0) is 13.8. The summed E-state index contributed by atoms with van der Waals surface area (Å²) in [5, 5.41) is 11.3. The predicted molar refractivity (Wildman–Crippen MR) is 69.3 cm³/mol. The molecule has 0 bridgehead atoms. The van der Waals surface area contributed by atoms with E-state index in [1.54, 1.807) is 25.7 Å². The summed E-state index contributed by atoms with van der Waals surface area (Å²) in [7, 11) is 0. The van der Waals surface area contributed by atoms with Crippen molar-refractivity contribution < 1.29 is 19.4 Å². The Morgan fingerprint density at radius 1 is 1.50 bits per heavy atom. The molecule has 1 heterocycles. The zero-order valence-corrected chi connectivity index (χ0v) is 11.7. The van der Waals surface area contributed by atoms with Crippen molar-refractivity contribution in [3.63, 3.8) is 0 Å². The minimum atomic E-state index is -0.608. The maximum atomic E-state index is 11.8. The molecular formula is C11H20N2O4S. The number of aliphatic hydroxyl groups is 1. The van der Waals surface area contributed by atoms with Crippen LogP contribution in [0.1, 0.15) is 20.8 Å². The molecule has 18 heavy (non-hydrogen) atoms. The number of alkyl carbamates (subject to hydrolysis) is 1. The van der Waals surface area contributed by atoms with E-state index in [0.29, 0.717) is 6.54 Å². The van der Waals surface area contributed by atoms with Crippen molar-refractivity contribution in [3.05, 3.63) is 0 Å². The Labute approximate surface area is 111 Å². The highest BCUT2D eigenvalue weighted by Gasteiger charge is 2.28. The smallest absolute Gasteiger partial charge is 0.408 e. The largest absolute Gasteiger partial charge is 0.444 e. The molecule has 6 nitrogen and oxygen atoms in total. The number of carbonyl (C=O) groups excluding carboxylic acids is 2. The van der Waals surface area contributed by atoms with Gasteiger partial charge in [-0.2, -0.15) is 0 Å². The monoisotopic (exact) mass is 276 g/mol. The Morgan fingerprint density at radius 2 is 2.17 bits per heavy atom. The van der Waals surface area contributed by atoms with E-state index in [-0.39, 0.29) is 24.4 Å². The number of nitrogens with one attached hydrogen (secondary N) is 1. The average Bonchev–Trinajstić information content (AvgIpc) is 2.71. The predicted octanol–water partition coefficient (Wildman–Crippen LogP) is 0.405. The second-order valence-electron chi connectivity index (χ2n) is 4.95. The molecular weight excluding hydrogens is 256 g/mol. The van der Waals surface area contributed by atoms with E-state index in [9.17, 15) is 9.59 Å². The number of aliphatic hydroxyl groups excluding tert-OH is 1. The number of amides is 2. The van der Waals surface area contributed by atoms with Gasteiger partial charge in [0.25, 0.3) is 0 Å². The van der Waals surface area contributed by atoms with Gasteiger partial charge in [0, 0.05) is 12.3 Å². The van der Waals surface area contributed by atoms with Crippen molar-refractivity contribution in [1.29, 1.82) is 0 Å². The Morgan fingerprint density at radius 3 is 2.72 bits per heavy atom. The summed E-state index contributed by atoms with van der Waals surface area (Å²) in [5.74, 6) is 0.605. The summed E-state index contributed by atoms with van der Waals surface area (Å²) in [5.41, 5.74) is -0.579. The summed E-state index contributed by atoms with van der Waals surface area (Å²) in [4.78, 5) is 24.8. The molecule has 104 valence electrons. The van der Waals surface area contributed by atoms with E-state index >= 15 is 0 Å². The normalized spacial score (nSPS) is 19.8. The fourth-order valence-corrected chi connectivity index (χ4v) is 2.60. The highest BCUT2D eigenvalue weighted by molar-refractivity contribution is 8.00. The third-order valence-corrected chi connectivity index (χ3v) is 3.46. The van der Waals surface area contributed by atoms with Gasteiger partial charge in [-0.25, -0.2) is 4.79 Å². The zero-order valence-electron chi connectivity index (χ0n) is 10.9. The molecule has 1 rings (SSSR count). The Balaban J connectivity index is 2.35. The van der Waals surface area contributed by atoms with Crippen LogP contribution in [-0.2, 0) is 9.53 Å². The first-order valence-electron chi connectivity index (χ1n) is 5.82. The molecule has 0 aliphatic carbocycles. The van der Waals surface area contributed by atoms with Crippen LogP contribution in [0.4, 0.5) is 4.79 Å². The van der Waals surface area contributed by atoms with Gasteiger partial charge in [0.05, 0.1) is 6.61 Å². The quantitative estimate of drug-likeness (QED) is 0.780. The molecule has 1 saturated heterocycles. The first kappa shape index (κ1) is 15.1. The Bertz CT molecular complexity index is 317. The van der Waals surface area contributed by atoms with Gasteiger partial charge in [0.15, 0.2) is 0 Å². The lowest BCUT2D eigenvalue weighted by atomic mass is 10.2. The third kappa shape index (κ3) is 4.73. The molecule has 2 N–H and O–H groups in total. The van der Waals surface area contributed by atoms with Gasteiger partial charge in [-0.05, 0) is 20.8 Å². The molecule has 0 spiro atoms. The fraction of sp³-hybridized carbons (Fsp3) is 0.818. The van der Waals surface area contributed by atoms with Gasteiger partial charge < -0.3 is 20.1 Å². The standard InChI is InChI=1S/C11H20N2O4S/c1-11(2,3)17-10(16)12-6-8(15)13-4-5-18-9(13)7-14/h9,14H,4-7H2,1-3H3,(H,12,16). The molecule has 7 heteroatoms. The summed E-state index contributed by atoms with van der Waals surface area (Å²) in [6.45, 7) is 5.70. The lowest BCUT2D eigenvalue weighted by Crippen LogP contribution is -2.44. The second-order valence-corrected chi connectivity index (χ2v) is 6.24. The molecule has 1 fully saturated rings. The second kappa shape index (κ2) is 6.29. The van der Waals surface area contributed by atoms with Crippen molar-refractivity contribution in [2.24, 2.45) is 0 Å². The van der Waals surface area contributed by atoms with Crippen LogP contribution in [0.25, 0.3) is 0 Å². The fourth-order valence-electron chi connectivity index (χ4n) is 1.52. The minimum absolute atomic E-state index is 0.0666. The van der Waals surface area contributed by atoms with Gasteiger partial charge in [-0.1, -0.05) is 0 Å². The molecule has 0 aromatic rings. The van der Waals surface area contributed by atoms with Gasteiger partial charge in [-0.3, -0.25) is 4.79 Å². The third-order valence-electron chi connectivity index (χ3n) is 2.25. The van der Waals surface area contributed by atoms with E-state index in [2.05, 4.69) is 5.32 Å². The SMILES string of the molecule is CC(C)(C)OC(=O)NCC(=O)N1CCSC1CO. The van der Waals surface area contributed by atoms with Crippen LogP contribution in [0, 0.1) is 0 Å². The number of hydrogen-bond donors (Lipinski definition) is 2. The topological polar surface area (TPSA) is 78.9 Å². The number of ether oxygens (including phenoxy) is 1. The molecule has 1 aliphatic heterocycles. The number of carbonyl (C=O) groups is 2. The van der Waals surface area contributed by atoms with Crippen LogP contribution >= 0.6 is 11.8 Å². The maximum Gasteiger partial charge on any atom is 0.408 e. The summed E-state index contributed by atoms with van der Waals surface area (Å²) in [6, 6.07) is 0. The molecule has 0 radical (unpaired) electrons. The number of thioether (sulfide) groups is 1. The maximum absolute atomic E-state index is 11.8. The van der Waals surface area contributed by atoms with E-state index in [1.807, 2.05) is 0 Å². The van der Waals surface area contributed by atoms with Crippen molar-refractivity contribution in [2.75, 3.05) is 25.4 Å². The van der Waals surface area contributed by atoms with Crippen molar-refractivity contribution in [2.45, 2.75) is 31.7 Å². The summed E-state index contributed by atoms with van der Waals surface area (Å²) < 4.78 is 5.03. The molecule has 1 aliphatic rings. The van der Waals surface area contributed by atoms with E-state index in [0.717, 1.165) is 5.75 Å². The van der Waals surface area contributed by atoms with Crippen LogP contribution in [-0.4, -0.2) is 58.4 Å². The van der Waals surface area contributed by atoms with Crippen molar-refractivity contribution in [3.8, 4) is 0 Å². The van der Waals surface area contributed by atoms with Crippen LogP contribution in [0.5, 0.6) is 0 Å². The van der Waals surface area contributed by atoms with E-state index in [1.165, 1.54) is 11.8 Å². The van der Waals surface area contributed by atoms with Gasteiger partial charge >= 0.3 is 6.09 Å². The average molecular weight is 276 g/mol. The lowest BCUT2D eigenvalue weighted by molar-refractivity contribution is -0.130. The highest BCUT2D eigenvalue weighted by atomic mass is 32.2. The van der Waals surface area contributed by atoms with Gasteiger partial charge in [0.2, 0.25) is 5.91 Å². The Hall–Kier alpha value is -0.950. The van der Waals surface area contributed by atoms with Crippen molar-refractivity contribution >= 4 is 23.8 Å². The van der Waals surface area contributed by atoms with Crippen LogP contribution in [0.3, 0.4) is 0 Å². The van der Waals surface area contributed by atoms with Gasteiger partial charge in [-0.15, -0.1) is 11.8 Å². The van der Waals surface area contributed by atoms with E-state index in [4.69, 9.17) is 9.84 Å². The first-order valence-corrected chi connectivity index (χ1v) is 6.87. The van der Waals surface area contributed by atoms with Gasteiger partial charge in [0.1, 0.15) is 17.5 Å².